The third kappa shape index (κ3) is 5.02. The zero-order valence-corrected chi connectivity index (χ0v) is 15.3. The molecule has 8 heteroatoms. The van der Waals surface area contributed by atoms with E-state index in [1.807, 2.05) is 35.7 Å². The number of anilines is 1. The normalized spacial score (nSPS) is 14.9. The molecule has 0 aliphatic carbocycles. The second-order valence-corrected chi connectivity index (χ2v) is 8.22. The highest BCUT2D eigenvalue weighted by atomic mass is 32.2. The lowest BCUT2D eigenvalue weighted by atomic mass is 10.1. The minimum atomic E-state index is -0.526. The van der Waals surface area contributed by atoms with Gasteiger partial charge in [-0.15, -0.1) is 23.5 Å². The molecule has 2 aromatic rings. The Morgan fingerprint density at radius 1 is 1.28 bits per heavy atom. The van der Waals surface area contributed by atoms with Gasteiger partial charge in [0.1, 0.15) is 5.76 Å². The molecule has 1 aliphatic heterocycles. The molecule has 1 N–H and O–H groups in total. The van der Waals surface area contributed by atoms with Crippen LogP contribution in [0.3, 0.4) is 0 Å². The lowest BCUT2D eigenvalue weighted by molar-refractivity contribution is -0.119. The van der Waals surface area contributed by atoms with Gasteiger partial charge in [-0.3, -0.25) is 4.79 Å². The van der Waals surface area contributed by atoms with Crippen molar-refractivity contribution in [3.05, 3.63) is 47.2 Å². The highest BCUT2D eigenvalue weighted by Gasteiger charge is 2.17. The number of rotatable bonds is 5. The number of nitrogens with zero attached hydrogens (tertiary/aromatic N) is 1. The van der Waals surface area contributed by atoms with E-state index in [2.05, 4.69) is 10.5 Å². The Labute approximate surface area is 154 Å². The molecule has 1 saturated heterocycles. The third-order valence-electron chi connectivity index (χ3n) is 3.48. The fourth-order valence-electron chi connectivity index (χ4n) is 2.28. The minimum absolute atomic E-state index is 0.297. The van der Waals surface area contributed by atoms with Crippen molar-refractivity contribution in [1.29, 1.82) is 0 Å². The molecule has 132 valence electrons. The van der Waals surface area contributed by atoms with E-state index >= 15 is 0 Å². The molecule has 6 nitrogen and oxygen atoms in total. The van der Waals surface area contributed by atoms with Crippen molar-refractivity contribution >= 4 is 41.2 Å². The second-order valence-electron chi connectivity index (χ2n) is 5.50. The SMILES string of the molecule is Cc1cc(NC(=O)COC(=O)c2ccc(C3SCCCS3)cc2)no1. The van der Waals surface area contributed by atoms with Crippen LogP contribution in [0.25, 0.3) is 0 Å². The molecule has 3 rings (SSSR count). The first-order valence-electron chi connectivity index (χ1n) is 7.85. The van der Waals surface area contributed by atoms with Gasteiger partial charge in [0, 0.05) is 6.07 Å². The first kappa shape index (κ1) is 17.9. The van der Waals surface area contributed by atoms with Gasteiger partial charge in [-0.1, -0.05) is 17.3 Å². The Kier molecular flexibility index (Phi) is 6.04. The molecular formula is C17H18N2O4S2. The van der Waals surface area contributed by atoms with E-state index in [0.29, 0.717) is 21.7 Å². The van der Waals surface area contributed by atoms with E-state index in [0.717, 1.165) is 0 Å². The number of esters is 1. The van der Waals surface area contributed by atoms with Crippen LogP contribution in [0.5, 0.6) is 0 Å². The van der Waals surface area contributed by atoms with Gasteiger partial charge in [-0.25, -0.2) is 4.79 Å². The predicted octanol–water partition coefficient (Wildman–Crippen LogP) is 3.65. The number of hydrogen-bond acceptors (Lipinski definition) is 7. The predicted molar refractivity (Wildman–Crippen MR) is 98.9 cm³/mol. The molecule has 0 radical (unpaired) electrons. The highest BCUT2D eigenvalue weighted by Crippen LogP contribution is 2.43. The van der Waals surface area contributed by atoms with Crippen LogP contribution in [0.1, 0.15) is 32.7 Å². The van der Waals surface area contributed by atoms with Crippen molar-refractivity contribution < 1.29 is 18.8 Å². The molecule has 1 aromatic heterocycles. The number of carbonyl (C=O) groups is 2. The van der Waals surface area contributed by atoms with Gasteiger partial charge in [0.05, 0.1) is 10.1 Å². The van der Waals surface area contributed by atoms with E-state index in [4.69, 9.17) is 9.26 Å². The average molecular weight is 378 g/mol. The van der Waals surface area contributed by atoms with Crippen LogP contribution < -0.4 is 5.32 Å². The Bertz CT molecular complexity index is 739. The number of benzene rings is 1. The van der Waals surface area contributed by atoms with Gasteiger partial charge in [0.2, 0.25) is 0 Å². The van der Waals surface area contributed by atoms with Gasteiger partial charge in [-0.2, -0.15) is 0 Å². The van der Waals surface area contributed by atoms with Crippen LogP contribution in [0, 0.1) is 6.92 Å². The second kappa shape index (κ2) is 8.44. The minimum Gasteiger partial charge on any atom is -0.452 e. The molecular weight excluding hydrogens is 360 g/mol. The van der Waals surface area contributed by atoms with E-state index in [9.17, 15) is 9.59 Å². The quantitative estimate of drug-likeness (QED) is 0.795. The van der Waals surface area contributed by atoms with E-state index in [-0.39, 0.29) is 6.61 Å². The third-order valence-corrected chi connectivity index (χ3v) is 6.49. The number of amides is 1. The molecule has 0 spiro atoms. The number of aromatic nitrogens is 1. The van der Waals surface area contributed by atoms with Crippen molar-refractivity contribution in [2.24, 2.45) is 0 Å². The summed E-state index contributed by atoms with van der Waals surface area (Å²) in [5, 5.41) is 6.14. The van der Waals surface area contributed by atoms with Crippen LogP contribution >= 0.6 is 23.5 Å². The molecule has 1 amide bonds. The first-order chi connectivity index (χ1) is 12.1. The van der Waals surface area contributed by atoms with Crippen LogP contribution in [0.15, 0.2) is 34.9 Å². The Hall–Kier alpha value is -1.93. The Balaban J connectivity index is 1.49. The van der Waals surface area contributed by atoms with Gasteiger partial charge in [0.25, 0.3) is 5.91 Å². The fraction of sp³-hybridized carbons (Fsp3) is 0.353. The average Bonchev–Trinajstić information content (AvgIpc) is 3.05. The largest absolute Gasteiger partial charge is 0.452 e. The first-order valence-corrected chi connectivity index (χ1v) is 9.95. The van der Waals surface area contributed by atoms with E-state index < -0.39 is 11.9 Å². The van der Waals surface area contributed by atoms with Crippen molar-refractivity contribution in [2.75, 3.05) is 23.4 Å². The Morgan fingerprint density at radius 2 is 2.00 bits per heavy atom. The number of aryl methyl sites for hydroxylation is 1. The van der Waals surface area contributed by atoms with Gasteiger partial charge < -0.3 is 14.6 Å². The van der Waals surface area contributed by atoms with Gasteiger partial charge in [-0.05, 0) is 42.5 Å². The topological polar surface area (TPSA) is 81.4 Å². The number of nitrogens with one attached hydrogen (secondary N) is 1. The fourth-order valence-corrected chi connectivity index (χ4v) is 5.17. The van der Waals surface area contributed by atoms with Crippen molar-refractivity contribution in [2.45, 2.75) is 17.9 Å². The molecule has 1 aliphatic rings. The lowest BCUT2D eigenvalue weighted by Crippen LogP contribution is -2.21. The summed E-state index contributed by atoms with van der Waals surface area (Å²) in [4.78, 5) is 23.8. The van der Waals surface area contributed by atoms with Gasteiger partial charge >= 0.3 is 5.97 Å². The summed E-state index contributed by atoms with van der Waals surface area (Å²) in [5.41, 5.74) is 1.63. The summed E-state index contributed by atoms with van der Waals surface area (Å²) in [6, 6.07) is 8.97. The summed E-state index contributed by atoms with van der Waals surface area (Å²) in [5.74, 6) is 2.23. The maximum Gasteiger partial charge on any atom is 0.338 e. The summed E-state index contributed by atoms with van der Waals surface area (Å²) < 4.78 is 10.3. The smallest absolute Gasteiger partial charge is 0.338 e. The standard InChI is InChI=1S/C17H18N2O4S2/c1-11-9-14(19-23-11)18-15(20)10-22-16(21)12-3-5-13(6-4-12)17-24-7-2-8-25-17/h3-6,9,17H,2,7-8,10H2,1H3,(H,18,19,20). The van der Waals surface area contributed by atoms with E-state index in [1.54, 1.807) is 25.1 Å². The number of carbonyl (C=O) groups excluding carboxylic acids is 2. The van der Waals surface area contributed by atoms with Crippen LogP contribution in [-0.2, 0) is 9.53 Å². The zero-order valence-electron chi connectivity index (χ0n) is 13.7. The van der Waals surface area contributed by atoms with Crippen molar-refractivity contribution in [3.8, 4) is 0 Å². The van der Waals surface area contributed by atoms with Crippen molar-refractivity contribution in [1.82, 2.24) is 5.16 Å². The monoisotopic (exact) mass is 378 g/mol. The maximum atomic E-state index is 12.0. The number of thioether (sulfide) groups is 2. The molecule has 25 heavy (non-hydrogen) atoms. The maximum absolute atomic E-state index is 12.0. The van der Waals surface area contributed by atoms with Gasteiger partial charge in [0.15, 0.2) is 12.4 Å². The molecule has 1 aromatic carbocycles. The molecule has 0 saturated carbocycles. The zero-order chi connectivity index (χ0) is 17.6. The summed E-state index contributed by atoms with van der Waals surface area (Å²) in [6.07, 6.45) is 1.24. The molecule has 2 heterocycles. The highest BCUT2D eigenvalue weighted by molar-refractivity contribution is 8.16. The van der Waals surface area contributed by atoms with Crippen LogP contribution in [-0.4, -0.2) is 35.1 Å². The molecule has 0 bridgehead atoms. The molecule has 0 atom stereocenters. The van der Waals surface area contributed by atoms with Crippen LogP contribution in [0.4, 0.5) is 5.82 Å². The summed E-state index contributed by atoms with van der Waals surface area (Å²) >= 11 is 3.86. The Morgan fingerprint density at radius 3 is 2.64 bits per heavy atom. The summed E-state index contributed by atoms with van der Waals surface area (Å²) in [7, 11) is 0. The van der Waals surface area contributed by atoms with Crippen LogP contribution in [0.2, 0.25) is 0 Å². The number of hydrogen-bond donors (Lipinski definition) is 1. The molecule has 0 unspecified atom stereocenters. The number of ether oxygens (including phenoxy) is 1. The molecule has 1 fully saturated rings. The summed E-state index contributed by atoms with van der Waals surface area (Å²) in [6.45, 7) is 1.34. The van der Waals surface area contributed by atoms with E-state index in [1.165, 1.54) is 23.5 Å². The van der Waals surface area contributed by atoms with Crippen molar-refractivity contribution in [3.63, 3.8) is 0 Å². The lowest BCUT2D eigenvalue weighted by Gasteiger charge is -2.21.